The summed E-state index contributed by atoms with van der Waals surface area (Å²) in [4.78, 5) is 24.4. The number of amides is 2. The van der Waals surface area contributed by atoms with Crippen molar-refractivity contribution in [2.24, 2.45) is 5.73 Å². The molecular weight excluding hydrogens is 610 g/mol. The lowest BCUT2D eigenvalue weighted by molar-refractivity contribution is -0.614. The monoisotopic (exact) mass is 628 g/mol. The minimum Gasteiger partial charge on any atom is -0.618 e. The Balaban J connectivity index is 1.68. The largest absolute Gasteiger partial charge is 0.618 e. The standard InChI is InChI=1S/C26H19ClF6N6O4/c27-14-2-6-20(38-12-22(36-37-38)26(31,32)33)18(9-14)13-1-5-21(39(42)11-13)17(7-8-43-25(29)30)24(41)35-15-3-4-16(23(34)40)19(28)10-15/h1-6,9-12,17,25H,7-8H2,(H2,34,40)(H,35,41). The molecule has 0 aliphatic carbocycles. The zero-order valence-electron chi connectivity index (χ0n) is 21.5. The van der Waals surface area contributed by atoms with Crippen molar-refractivity contribution in [2.75, 3.05) is 11.9 Å². The summed E-state index contributed by atoms with van der Waals surface area (Å²) in [5.41, 5.74) is 3.44. The van der Waals surface area contributed by atoms with E-state index in [0.717, 1.165) is 23.0 Å². The number of hydrogen-bond acceptors (Lipinski definition) is 6. The van der Waals surface area contributed by atoms with Crippen LogP contribution in [-0.4, -0.2) is 40.0 Å². The van der Waals surface area contributed by atoms with Crippen LogP contribution in [0.15, 0.2) is 60.9 Å². The van der Waals surface area contributed by atoms with Gasteiger partial charge in [-0.3, -0.25) is 9.59 Å². The fraction of sp³-hybridized carbons (Fsp3) is 0.192. The highest BCUT2D eigenvalue weighted by atomic mass is 35.5. The Labute approximate surface area is 243 Å². The molecule has 0 saturated heterocycles. The predicted octanol–water partition coefficient (Wildman–Crippen LogP) is 4.83. The number of hydrogen-bond donors (Lipinski definition) is 2. The number of aromatic nitrogens is 4. The minimum absolute atomic E-state index is 0.0845. The second-order valence-corrected chi connectivity index (χ2v) is 9.33. The number of anilines is 1. The van der Waals surface area contributed by atoms with Gasteiger partial charge in [-0.15, -0.1) is 5.10 Å². The van der Waals surface area contributed by atoms with E-state index < -0.39 is 60.6 Å². The van der Waals surface area contributed by atoms with Crippen LogP contribution < -0.4 is 15.8 Å². The van der Waals surface area contributed by atoms with Gasteiger partial charge in [-0.05, 0) is 48.9 Å². The van der Waals surface area contributed by atoms with Crippen molar-refractivity contribution in [3.63, 3.8) is 0 Å². The number of primary amides is 1. The number of pyridine rings is 1. The van der Waals surface area contributed by atoms with Crippen molar-refractivity contribution in [1.29, 1.82) is 0 Å². The van der Waals surface area contributed by atoms with Crippen LogP contribution in [0.1, 0.15) is 34.1 Å². The third-order valence-electron chi connectivity index (χ3n) is 6.07. The Kier molecular flexibility index (Phi) is 9.20. The lowest BCUT2D eigenvalue weighted by Crippen LogP contribution is -2.37. The fourth-order valence-electron chi connectivity index (χ4n) is 4.08. The number of nitrogens with two attached hydrogens (primary N) is 1. The highest BCUT2D eigenvalue weighted by Gasteiger charge is 2.35. The van der Waals surface area contributed by atoms with Gasteiger partial charge >= 0.3 is 12.8 Å². The van der Waals surface area contributed by atoms with Crippen LogP contribution in [0.3, 0.4) is 0 Å². The van der Waals surface area contributed by atoms with Crippen molar-refractivity contribution < 1.29 is 45.4 Å². The Morgan fingerprint density at radius 1 is 1.14 bits per heavy atom. The maximum atomic E-state index is 14.2. The minimum atomic E-state index is -4.76. The van der Waals surface area contributed by atoms with Crippen molar-refractivity contribution in [3.8, 4) is 16.8 Å². The van der Waals surface area contributed by atoms with Crippen LogP contribution >= 0.6 is 11.6 Å². The number of ether oxygens (including phenoxy) is 1. The SMILES string of the molecule is NC(=O)c1ccc(NC(=O)C(CCOC(F)F)c2ccc(-c3cc(Cl)ccc3-n3cc(C(F)(F)F)nn3)c[n+]2[O-])cc1F. The van der Waals surface area contributed by atoms with Crippen LogP contribution in [0.4, 0.5) is 32.0 Å². The predicted molar refractivity (Wildman–Crippen MR) is 139 cm³/mol. The molecule has 2 aromatic heterocycles. The number of nitrogens with one attached hydrogen (secondary N) is 1. The molecule has 2 heterocycles. The van der Waals surface area contributed by atoms with Crippen molar-refractivity contribution >= 4 is 29.1 Å². The molecule has 226 valence electrons. The van der Waals surface area contributed by atoms with E-state index in [1.807, 2.05) is 0 Å². The van der Waals surface area contributed by atoms with Crippen molar-refractivity contribution in [1.82, 2.24) is 15.0 Å². The number of nitrogens with zero attached hydrogens (tertiary/aromatic N) is 4. The van der Waals surface area contributed by atoms with Gasteiger partial charge < -0.3 is 21.0 Å². The molecule has 0 spiro atoms. The summed E-state index contributed by atoms with van der Waals surface area (Å²) in [6.07, 6.45) is -3.51. The van der Waals surface area contributed by atoms with E-state index in [4.69, 9.17) is 17.3 Å². The topological polar surface area (TPSA) is 139 Å². The average Bonchev–Trinajstić information content (AvgIpc) is 3.42. The maximum Gasteiger partial charge on any atom is 0.436 e. The molecule has 2 amide bonds. The van der Waals surface area contributed by atoms with Crippen LogP contribution in [-0.2, 0) is 15.7 Å². The van der Waals surface area contributed by atoms with E-state index in [2.05, 4.69) is 20.4 Å². The average molecular weight is 629 g/mol. The molecule has 17 heteroatoms. The first-order chi connectivity index (χ1) is 20.2. The lowest BCUT2D eigenvalue weighted by atomic mass is 9.97. The first-order valence-corrected chi connectivity index (χ1v) is 12.5. The molecule has 1 unspecified atom stereocenters. The normalized spacial score (nSPS) is 12.4. The smallest absolute Gasteiger partial charge is 0.436 e. The molecule has 0 fully saturated rings. The molecule has 10 nitrogen and oxygen atoms in total. The molecule has 0 saturated carbocycles. The van der Waals surface area contributed by atoms with Gasteiger partial charge in [0.1, 0.15) is 11.7 Å². The van der Waals surface area contributed by atoms with Crippen LogP contribution in [0.2, 0.25) is 5.02 Å². The summed E-state index contributed by atoms with van der Waals surface area (Å²) in [6.45, 7) is -3.80. The second kappa shape index (κ2) is 12.7. The van der Waals surface area contributed by atoms with Gasteiger partial charge in [0.05, 0.1) is 24.1 Å². The highest BCUT2D eigenvalue weighted by molar-refractivity contribution is 6.31. The quantitative estimate of drug-likeness (QED) is 0.147. The summed E-state index contributed by atoms with van der Waals surface area (Å²) in [6, 6.07) is 9.69. The number of carbonyl (C=O) groups is 2. The number of rotatable bonds is 10. The Hall–Kier alpha value is -4.70. The summed E-state index contributed by atoms with van der Waals surface area (Å²) >= 11 is 6.10. The Morgan fingerprint density at radius 3 is 2.49 bits per heavy atom. The third kappa shape index (κ3) is 7.39. The summed E-state index contributed by atoms with van der Waals surface area (Å²) < 4.78 is 84.1. The molecule has 0 radical (unpaired) electrons. The Bertz CT molecular complexity index is 1670. The zero-order chi connectivity index (χ0) is 31.5. The Morgan fingerprint density at radius 2 is 1.88 bits per heavy atom. The molecular formula is C26H19ClF6N6O4. The van der Waals surface area contributed by atoms with E-state index in [1.165, 1.54) is 36.4 Å². The van der Waals surface area contributed by atoms with Gasteiger partial charge in [-0.2, -0.15) is 26.7 Å². The molecule has 0 aliphatic rings. The molecule has 0 bridgehead atoms. The third-order valence-corrected chi connectivity index (χ3v) is 6.31. The first-order valence-electron chi connectivity index (χ1n) is 12.1. The molecule has 0 aliphatic heterocycles. The summed E-state index contributed by atoms with van der Waals surface area (Å²) in [5.74, 6) is -4.37. The maximum absolute atomic E-state index is 14.2. The summed E-state index contributed by atoms with van der Waals surface area (Å²) in [7, 11) is 0. The zero-order valence-corrected chi connectivity index (χ0v) is 22.2. The van der Waals surface area contributed by atoms with E-state index in [1.54, 1.807) is 0 Å². The number of benzene rings is 2. The van der Waals surface area contributed by atoms with Gasteiger partial charge in [0.2, 0.25) is 11.6 Å². The molecule has 4 rings (SSSR count). The molecule has 43 heavy (non-hydrogen) atoms. The van der Waals surface area contributed by atoms with Gasteiger partial charge in [0.25, 0.3) is 5.91 Å². The number of halogens is 7. The number of alkyl halides is 5. The molecule has 1 atom stereocenters. The van der Waals surface area contributed by atoms with Crippen LogP contribution in [0.25, 0.3) is 16.8 Å². The van der Waals surface area contributed by atoms with E-state index >= 15 is 0 Å². The van der Waals surface area contributed by atoms with E-state index in [9.17, 15) is 41.1 Å². The van der Waals surface area contributed by atoms with Crippen molar-refractivity contribution in [2.45, 2.75) is 25.1 Å². The van der Waals surface area contributed by atoms with Crippen LogP contribution in [0.5, 0.6) is 0 Å². The molecule has 3 N–H and O–H groups in total. The molecule has 4 aromatic rings. The van der Waals surface area contributed by atoms with E-state index in [0.29, 0.717) is 6.20 Å². The lowest BCUT2D eigenvalue weighted by Gasteiger charge is -2.18. The molecule has 2 aromatic carbocycles. The van der Waals surface area contributed by atoms with Crippen molar-refractivity contribution in [3.05, 3.63) is 93.9 Å². The first kappa shape index (κ1) is 31.2. The van der Waals surface area contributed by atoms with E-state index in [-0.39, 0.29) is 37.9 Å². The number of carbonyl (C=O) groups excluding carboxylic acids is 2. The van der Waals surface area contributed by atoms with Gasteiger partial charge in [-0.25, -0.2) is 9.07 Å². The summed E-state index contributed by atoms with van der Waals surface area (Å²) in [5, 5.41) is 22.3. The van der Waals surface area contributed by atoms with Gasteiger partial charge in [-0.1, -0.05) is 16.8 Å². The van der Waals surface area contributed by atoms with Gasteiger partial charge in [0.15, 0.2) is 11.9 Å². The highest BCUT2D eigenvalue weighted by Crippen LogP contribution is 2.32. The fourth-order valence-corrected chi connectivity index (χ4v) is 4.25. The van der Waals surface area contributed by atoms with Gasteiger partial charge in [0, 0.05) is 27.9 Å². The second-order valence-electron chi connectivity index (χ2n) is 8.90. The van der Waals surface area contributed by atoms with Crippen LogP contribution in [0, 0.1) is 11.0 Å².